The molecule has 0 saturated heterocycles. The first-order valence-corrected chi connectivity index (χ1v) is 9.61. The van der Waals surface area contributed by atoms with Crippen molar-refractivity contribution >= 4 is 0 Å². The third kappa shape index (κ3) is 3.39. The summed E-state index contributed by atoms with van der Waals surface area (Å²) in [6.07, 6.45) is 5.46. The number of fused-ring (bicyclic) bond motifs is 1. The summed E-state index contributed by atoms with van der Waals surface area (Å²) in [7, 11) is 1.88. The van der Waals surface area contributed by atoms with Crippen molar-refractivity contribution in [3.63, 3.8) is 0 Å². The van der Waals surface area contributed by atoms with E-state index in [1.165, 1.54) is 24.0 Å². The number of nitrogens with zero attached hydrogens (tertiary/aromatic N) is 6. The van der Waals surface area contributed by atoms with Gasteiger partial charge in [0.05, 0.1) is 5.69 Å². The molecule has 0 unspecified atom stereocenters. The molecule has 0 fully saturated rings. The maximum absolute atomic E-state index is 5.56. The molecule has 142 valence electrons. The summed E-state index contributed by atoms with van der Waals surface area (Å²) in [6, 6.07) is 1.95. The Morgan fingerprint density at radius 1 is 1.26 bits per heavy atom. The first-order chi connectivity index (χ1) is 13.1. The van der Waals surface area contributed by atoms with Crippen molar-refractivity contribution in [1.29, 1.82) is 0 Å². The highest BCUT2D eigenvalue weighted by atomic mass is 16.5. The highest BCUT2D eigenvalue weighted by Gasteiger charge is 2.24. The van der Waals surface area contributed by atoms with E-state index in [9.17, 15) is 0 Å². The monoisotopic (exact) mass is 366 g/mol. The van der Waals surface area contributed by atoms with Crippen LogP contribution in [0.5, 0.6) is 0 Å². The van der Waals surface area contributed by atoms with Crippen molar-refractivity contribution in [1.82, 2.24) is 29.8 Å². The van der Waals surface area contributed by atoms with Crippen LogP contribution in [0.4, 0.5) is 0 Å². The lowest BCUT2D eigenvalue weighted by Crippen LogP contribution is -2.32. The smallest absolute Gasteiger partial charge is 0.276 e. The Kier molecular flexibility index (Phi) is 4.78. The Bertz CT molecular complexity index is 958. The maximum Gasteiger partial charge on any atom is 0.276 e. The van der Waals surface area contributed by atoms with Crippen LogP contribution in [-0.2, 0) is 20.0 Å². The van der Waals surface area contributed by atoms with Crippen molar-refractivity contribution in [2.75, 3.05) is 13.1 Å². The van der Waals surface area contributed by atoms with E-state index in [-0.39, 0.29) is 0 Å². The number of hydrogen-bond acceptors (Lipinski definition) is 6. The normalized spacial score (nSPS) is 14.5. The molecule has 3 aromatic heterocycles. The molecule has 1 aliphatic heterocycles. The minimum atomic E-state index is 0.491. The Labute approximate surface area is 159 Å². The van der Waals surface area contributed by atoms with Gasteiger partial charge in [0.25, 0.3) is 5.89 Å². The molecule has 0 aliphatic carbocycles. The van der Waals surface area contributed by atoms with Gasteiger partial charge in [0.15, 0.2) is 0 Å². The van der Waals surface area contributed by atoms with Crippen molar-refractivity contribution in [3.05, 3.63) is 34.8 Å². The van der Waals surface area contributed by atoms with Gasteiger partial charge < -0.3 is 4.52 Å². The lowest BCUT2D eigenvalue weighted by Gasteiger charge is -2.29. The molecule has 1 aliphatic rings. The van der Waals surface area contributed by atoms with Gasteiger partial charge in [-0.3, -0.25) is 14.6 Å². The third-order valence-electron chi connectivity index (χ3n) is 5.24. The summed E-state index contributed by atoms with van der Waals surface area (Å²) >= 11 is 0. The second-order valence-corrected chi connectivity index (χ2v) is 7.32. The molecular weight excluding hydrogens is 340 g/mol. The Morgan fingerprint density at radius 2 is 2.11 bits per heavy atom. The summed E-state index contributed by atoms with van der Waals surface area (Å²) in [4.78, 5) is 11.8. The number of unbranched alkanes of at least 4 members (excludes halogenated alkanes) is 1. The average Bonchev–Trinajstić information content (AvgIpc) is 3.25. The topological polar surface area (TPSA) is 72.9 Å². The minimum Gasteiger partial charge on any atom is -0.332 e. The number of pyridine rings is 1. The molecule has 3 aromatic rings. The van der Waals surface area contributed by atoms with Gasteiger partial charge >= 0.3 is 0 Å². The van der Waals surface area contributed by atoms with Gasteiger partial charge in [-0.05, 0) is 50.4 Å². The Morgan fingerprint density at radius 3 is 2.85 bits per heavy atom. The zero-order valence-corrected chi connectivity index (χ0v) is 16.5. The van der Waals surface area contributed by atoms with E-state index in [1.54, 1.807) is 4.68 Å². The van der Waals surface area contributed by atoms with Crippen LogP contribution >= 0.6 is 0 Å². The zero-order chi connectivity index (χ0) is 19.0. The number of rotatable bonds is 5. The summed E-state index contributed by atoms with van der Waals surface area (Å²) in [5, 5.41) is 8.63. The van der Waals surface area contributed by atoms with Crippen LogP contribution in [-0.4, -0.2) is 42.9 Å². The lowest BCUT2D eigenvalue weighted by molar-refractivity contribution is 0.250. The number of aryl methyl sites for hydroxylation is 3. The summed E-state index contributed by atoms with van der Waals surface area (Å²) < 4.78 is 7.33. The van der Waals surface area contributed by atoms with Crippen LogP contribution < -0.4 is 0 Å². The lowest BCUT2D eigenvalue weighted by atomic mass is 9.94. The average molecular weight is 366 g/mol. The van der Waals surface area contributed by atoms with E-state index in [2.05, 4.69) is 32.0 Å². The third-order valence-corrected chi connectivity index (χ3v) is 5.24. The van der Waals surface area contributed by atoms with Crippen molar-refractivity contribution in [3.8, 4) is 23.0 Å². The summed E-state index contributed by atoms with van der Waals surface area (Å²) in [5.41, 5.74) is 6.31. The van der Waals surface area contributed by atoms with Gasteiger partial charge in [-0.2, -0.15) is 10.1 Å². The van der Waals surface area contributed by atoms with E-state index < -0.39 is 0 Å². The highest BCUT2D eigenvalue weighted by Crippen LogP contribution is 2.32. The van der Waals surface area contributed by atoms with Crippen molar-refractivity contribution in [2.24, 2.45) is 7.05 Å². The van der Waals surface area contributed by atoms with Crippen molar-refractivity contribution in [2.45, 2.75) is 46.6 Å². The Balaban J connectivity index is 1.68. The van der Waals surface area contributed by atoms with Crippen LogP contribution in [0.3, 0.4) is 0 Å². The Hall–Kier alpha value is -2.54. The fraction of sp³-hybridized carbons (Fsp3) is 0.500. The van der Waals surface area contributed by atoms with Gasteiger partial charge in [-0.15, -0.1) is 0 Å². The fourth-order valence-electron chi connectivity index (χ4n) is 3.82. The van der Waals surface area contributed by atoms with E-state index in [4.69, 9.17) is 4.52 Å². The molecule has 27 heavy (non-hydrogen) atoms. The van der Waals surface area contributed by atoms with Crippen molar-refractivity contribution < 1.29 is 4.52 Å². The zero-order valence-electron chi connectivity index (χ0n) is 16.5. The summed E-state index contributed by atoms with van der Waals surface area (Å²) in [6.45, 7) is 9.36. The molecular formula is C20H26N6O. The quantitative estimate of drug-likeness (QED) is 0.690. The molecule has 0 bridgehead atoms. The molecule has 0 N–H and O–H groups in total. The SMILES string of the molecule is CCCCN1CCc2c(cnc(C)c2-c2noc(-c3cc(C)nn3C)n2)C1. The van der Waals surface area contributed by atoms with E-state index in [0.717, 1.165) is 48.7 Å². The van der Waals surface area contributed by atoms with Crippen LogP contribution in [0.25, 0.3) is 23.0 Å². The first-order valence-electron chi connectivity index (χ1n) is 9.61. The second kappa shape index (κ2) is 7.23. The molecule has 4 rings (SSSR count). The number of aromatic nitrogens is 5. The standard InChI is InChI=1S/C20H26N6O/c1-5-6-8-26-9-7-16-15(12-26)11-21-14(3)18(16)19-22-20(27-24-19)17-10-13(2)23-25(17)4/h10-11H,5-9,12H2,1-4H3. The van der Waals surface area contributed by atoms with Gasteiger partial charge in [-0.1, -0.05) is 18.5 Å². The predicted molar refractivity (Wildman–Crippen MR) is 103 cm³/mol. The van der Waals surface area contributed by atoms with Crippen LogP contribution in [0, 0.1) is 13.8 Å². The van der Waals surface area contributed by atoms with Crippen LogP contribution in [0.1, 0.15) is 42.3 Å². The molecule has 7 nitrogen and oxygen atoms in total. The van der Waals surface area contributed by atoms with E-state index >= 15 is 0 Å². The van der Waals surface area contributed by atoms with Gasteiger partial charge in [0.2, 0.25) is 5.82 Å². The largest absolute Gasteiger partial charge is 0.332 e. The molecule has 0 saturated carbocycles. The van der Waals surface area contributed by atoms with Gasteiger partial charge in [0.1, 0.15) is 5.69 Å². The highest BCUT2D eigenvalue weighted by molar-refractivity contribution is 5.66. The molecule has 0 amide bonds. The molecule has 0 spiro atoms. The van der Waals surface area contributed by atoms with E-state index in [0.29, 0.717) is 11.7 Å². The minimum absolute atomic E-state index is 0.491. The molecule has 7 heteroatoms. The number of hydrogen-bond donors (Lipinski definition) is 0. The van der Waals surface area contributed by atoms with Crippen LogP contribution in [0.15, 0.2) is 16.8 Å². The first kappa shape index (κ1) is 17.9. The molecule has 0 atom stereocenters. The summed E-state index contributed by atoms with van der Waals surface area (Å²) in [5.74, 6) is 1.11. The van der Waals surface area contributed by atoms with Crippen LogP contribution in [0.2, 0.25) is 0 Å². The predicted octanol–water partition coefficient (Wildman–Crippen LogP) is 3.31. The molecule has 0 radical (unpaired) electrons. The van der Waals surface area contributed by atoms with Gasteiger partial charge in [0, 0.05) is 37.6 Å². The second-order valence-electron chi connectivity index (χ2n) is 7.32. The fourth-order valence-corrected chi connectivity index (χ4v) is 3.82. The molecule has 0 aromatic carbocycles. The maximum atomic E-state index is 5.56. The van der Waals surface area contributed by atoms with E-state index in [1.807, 2.05) is 33.2 Å². The molecule has 4 heterocycles. The van der Waals surface area contributed by atoms with Gasteiger partial charge in [-0.25, -0.2) is 0 Å².